The Bertz CT molecular complexity index is 1300. The summed E-state index contributed by atoms with van der Waals surface area (Å²) in [4.78, 5) is 33.8. The van der Waals surface area contributed by atoms with Crippen molar-refractivity contribution in [1.82, 2.24) is 25.0 Å². The van der Waals surface area contributed by atoms with Gasteiger partial charge in [0.05, 0.1) is 18.3 Å². The number of pyridine rings is 1. The van der Waals surface area contributed by atoms with Gasteiger partial charge in [-0.3, -0.25) is 14.8 Å². The van der Waals surface area contributed by atoms with Crippen LogP contribution in [0.5, 0.6) is 5.75 Å². The van der Waals surface area contributed by atoms with Gasteiger partial charge in [0.1, 0.15) is 5.75 Å². The number of esters is 1. The lowest BCUT2D eigenvalue weighted by molar-refractivity contribution is -0.157. The quantitative estimate of drug-likeness (QED) is 0.363. The molecular weight excluding hydrogens is 460 g/mol. The molecule has 1 aliphatic rings. The molecule has 0 spiro atoms. The number of hydrogen-bond donors (Lipinski definition) is 3. The number of fused-ring (bicyclic) bond motifs is 1. The molecule has 10 nitrogen and oxygen atoms in total. The number of carbonyl (C=O) groups is 2. The van der Waals surface area contributed by atoms with Gasteiger partial charge in [-0.25, -0.2) is 9.78 Å². The average molecular weight is 495 g/mol. The van der Waals surface area contributed by atoms with Gasteiger partial charge in [-0.15, -0.1) is 0 Å². The molecule has 4 N–H and O–H groups in total. The van der Waals surface area contributed by atoms with Gasteiger partial charge in [0.2, 0.25) is 0 Å². The number of H-pyrrole nitrogens is 1. The minimum absolute atomic E-state index is 0.194. The molecule has 36 heavy (non-hydrogen) atoms. The molecule has 3 heterocycles. The largest absolute Gasteiger partial charge is 0.508 e. The van der Waals surface area contributed by atoms with E-state index < -0.39 is 29.0 Å². The van der Waals surface area contributed by atoms with E-state index in [0.29, 0.717) is 25.3 Å². The first kappa shape index (κ1) is 25.6. The highest BCUT2D eigenvalue weighted by Crippen LogP contribution is 2.35. The van der Waals surface area contributed by atoms with Crippen molar-refractivity contribution in [3.63, 3.8) is 0 Å². The standard InChI is InChI=1S/C26H34N6O4/c1-15-20-17(11-19(28-22(20)30-29-15)16-7-9-18(33)10-8-16)12-31-13-26(4,5)32(14-25(31,2)3)23(34)21(27)24(35)36-6/h7-11,21,33H,12-14,27H2,1-6H3,(H,28,29,30). The van der Waals surface area contributed by atoms with Gasteiger partial charge >= 0.3 is 5.97 Å². The van der Waals surface area contributed by atoms with Crippen LogP contribution < -0.4 is 5.73 Å². The summed E-state index contributed by atoms with van der Waals surface area (Å²) in [6.45, 7) is 11.6. The molecule has 1 amide bonds. The minimum atomic E-state index is -1.35. The zero-order valence-electron chi connectivity index (χ0n) is 21.6. The first-order chi connectivity index (χ1) is 16.8. The van der Waals surface area contributed by atoms with E-state index in [1.807, 2.05) is 32.9 Å². The Labute approximate surface area is 210 Å². The molecule has 0 bridgehead atoms. The highest BCUT2D eigenvalue weighted by Gasteiger charge is 2.47. The number of aryl methyl sites for hydroxylation is 1. The van der Waals surface area contributed by atoms with E-state index >= 15 is 0 Å². The highest BCUT2D eigenvalue weighted by atomic mass is 16.5. The van der Waals surface area contributed by atoms with Gasteiger partial charge in [0.15, 0.2) is 11.7 Å². The molecule has 1 aliphatic heterocycles. The van der Waals surface area contributed by atoms with Crippen LogP contribution in [-0.4, -0.2) is 79.3 Å². The number of ether oxygens (including phenoxy) is 1. The molecule has 2 aromatic heterocycles. The Morgan fingerprint density at radius 2 is 1.83 bits per heavy atom. The second-order valence-corrected chi connectivity index (χ2v) is 10.7. The molecule has 0 aliphatic carbocycles. The van der Waals surface area contributed by atoms with Gasteiger partial charge in [-0.1, -0.05) is 0 Å². The van der Waals surface area contributed by atoms with Crippen molar-refractivity contribution in [3.8, 4) is 17.0 Å². The van der Waals surface area contributed by atoms with E-state index in [1.54, 1.807) is 17.0 Å². The van der Waals surface area contributed by atoms with Gasteiger partial charge in [0, 0.05) is 41.8 Å². The van der Waals surface area contributed by atoms with Gasteiger partial charge in [-0.05, 0) is 70.5 Å². The predicted octanol–water partition coefficient (Wildman–Crippen LogP) is 2.34. The number of aromatic amines is 1. The molecule has 1 atom stereocenters. The number of nitrogens with one attached hydrogen (secondary N) is 1. The predicted molar refractivity (Wildman–Crippen MR) is 136 cm³/mol. The number of phenols is 1. The fourth-order valence-electron chi connectivity index (χ4n) is 4.88. The Balaban J connectivity index is 1.68. The number of rotatable bonds is 5. The third-order valence-electron chi connectivity index (χ3n) is 7.01. The smallest absolute Gasteiger partial charge is 0.332 e. The molecule has 1 unspecified atom stereocenters. The summed E-state index contributed by atoms with van der Waals surface area (Å²) in [6.07, 6.45) is 0. The van der Waals surface area contributed by atoms with Gasteiger partial charge in [-0.2, -0.15) is 5.10 Å². The van der Waals surface area contributed by atoms with Crippen LogP contribution in [0.4, 0.5) is 0 Å². The maximum Gasteiger partial charge on any atom is 0.332 e. The van der Waals surface area contributed by atoms with E-state index in [1.165, 1.54) is 7.11 Å². The maximum atomic E-state index is 13.1. The fourth-order valence-corrected chi connectivity index (χ4v) is 4.88. The number of nitrogens with two attached hydrogens (primary N) is 1. The van der Waals surface area contributed by atoms with Crippen molar-refractivity contribution in [3.05, 3.63) is 41.6 Å². The Hall–Kier alpha value is -3.50. The van der Waals surface area contributed by atoms with Crippen LogP contribution in [0, 0.1) is 6.92 Å². The summed E-state index contributed by atoms with van der Waals surface area (Å²) in [5, 5.41) is 18.1. The van der Waals surface area contributed by atoms with Gasteiger partial charge in [0.25, 0.3) is 5.91 Å². The van der Waals surface area contributed by atoms with Crippen LogP contribution in [0.1, 0.15) is 39.0 Å². The summed E-state index contributed by atoms with van der Waals surface area (Å²) >= 11 is 0. The summed E-state index contributed by atoms with van der Waals surface area (Å²) in [5.74, 6) is -0.988. The number of hydrogen-bond acceptors (Lipinski definition) is 8. The molecule has 10 heteroatoms. The third-order valence-corrected chi connectivity index (χ3v) is 7.01. The number of aromatic hydroxyl groups is 1. The number of benzene rings is 1. The number of carbonyl (C=O) groups excluding carboxylic acids is 2. The van der Waals surface area contributed by atoms with Crippen molar-refractivity contribution < 1.29 is 19.4 Å². The Morgan fingerprint density at radius 1 is 1.17 bits per heavy atom. The lowest BCUT2D eigenvalue weighted by Crippen LogP contribution is -2.70. The molecule has 4 rings (SSSR count). The highest BCUT2D eigenvalue weighted by molar-refractivity contribution is 6.02. The normalized spacial score (nSPS) is 18.2. The first-order valence-corrected chi connectivity index (χ1v) is 11.9. The molecule has 192 valence electrons. The van der Waals surface area contributed by atoms with Crippen LogP contribution in [0.2, 0.25) is 0 Å². The molecule has 3 aromatic rings. The summed E-state index contributed by atoms with van der Waals surface area (Å²) in [7, 11) is 1.22. The molecule has 1 fully saturated rings. The second kappa shape index (κ2) is 9.18. The average Bonchev–Trinajstić information content (AvgIpc) is 3.21. The van der Waals surface area contributed by atoms with Crippen LogP contribution >= 0.6 is 0 Å². The third kappa shape index (κ3) is 4.66. The van der Waals surface area contributed by atoms with E-state index in [4.69, 9.17) is 15.5 Å². The number of piperazine rings is 1. The number of aromatic nitrogens is 3. The Morgan fingerprint density at radius 3 is 2.47 bits per heavy atom. The SMILES string of the molecule is COC(=O)C(N)C(=O)N1CC(C)(C)N(Cc2cc(-c3ccc(O)cc3)nc3n[nH]c(C)c23)CC1(C)C. The van der Waals surface area contributed by atoms with Crippen LogP contribution in [0.25, 0.3) is 22.3 Å². The van der Waals surface area contributed by atoms with Crippen LogP contribution in [-0.2, 0) is 20.9 Å². The summed E-state index contributed by atoms with van der Waals surface area (Å²) in [5.41, 5.74) is 9.18. The van der Waals surface area contributed by atoms with Crippen molar-refractivity contribution in [2.45, 2.75) is 58.3 Å². The van der Waals surface area contributed by atoms with Crippen LogP contribution in [0.3, 0.4) is 0 Å². The van der Waals surface area contributed by atoms with E-state index in [0.717, 1.165) is 27.9 Å². The second-order valence-electron chi connectivity index (χ2n) is 10.7. The zero-order valence-corrected chi connectivity index (χ0v) is 21.6. The van der Waals surface area contributed by atoms with Crippen LogP contribution in [0.15, 0.2) is 30.3 Å². The molecule has 0 radical (unpaired) electrons. The van der Waals surface area contributed by atoms with E-state index in [9.17, 15) is 14.7 Å². The van der Waals surface area contributed by atoms with E-state index in [2.05, 4.69) is 35.0 Å². The number of nitrogens with zero attached hydrogens (tertiary/aromatic N) is 4. The monoisotopic (exact) mass is 494 g/mol. The molecular formula is C26H34N6O4. The summed E-state index contributed by atoms with van der Waals surface area (Å²) < 4.78 is 4.69. The Kier molecular flexibility index (Phi) is 6.52. The van der Waals surface area contributed by atoms with Crippen molar-refractivity contribution >= 4 is 22.9 Å². The number of phenolic OH excluding ortho intramolecular Hbond substituents is 1. The van der Waals surface area contributed by atoms with Crippen molar-refractivity contribution in [2.75, 3.05) is 20.2 Å². The topological polar surface area (TPSA) is 138 Å². The zero-order chi connectivity index (χ0) is 26.4. The minimum Gasteiger partial charge on any atom is -0.508 e. The lowest BCUT2D eigenvalue weighted by atomic mass is 9.87. The molecule has 1 aromatic carbocycles. The fraction of sp³-hybridized carbons (Fsp3) is 0.462. The lowest BCUT2D eigenvalue weighted by Gasteiger charge is -2.55. The maximum absolute atomic E-state index is 13.1. The summed E-state index contributed by atoms with van der Waals surface area (Å²) in [6, 6.07) is 7.64. The van der Waals surface area contributed by atoms with E-state index in [-0.39, 0.29) is 5.75 Å². The van der Waals surface area contributed by atoms with Crippen molar-refractivity contribution in [1.29, 1.82) is 0 Å². The molecule has 0 saturated carbocycles. The number of methoxy groups -OCH3 is 1. The number of amides is 1. The first-order valence-electron chi connectivity index (χ1n) is 11.9. The molecule has 1 saturated heterocycles. The van der Waals surface area contributed by atoms with Gasteiger partial charge < -0.3 is 20.5 Å². The van der Waals surface area contributed by atoms with Crippen molar-refractivity contribution in [2.24, 2.45) is 5.73 Å².